The number of aryl methyl sites for hydroxylation is 1. The van der Waals surface area contributed by atoms with Crippen LogP contribution in [0.15, 0.2) is 12.4 Å². The van der Waals surface area contributed by atoms with Crippen molar-refractivity contribution in [2.24, 2.45) is 7.05 Å². The van der Waals surface area contributed by atoms with Gasteiger partial charge >= 0.3 is 0 Å². The number of nitriles is 1. The summed E-state index contributed by atoms with van der Waals surface area (Å²) in [5.74, 6) is 0. The second-order valence-corrected chi connectivity index (χ2v) is 3.69. The lowest BCUT2D eigenvalue weighted by Crippen LogP contribution is -2.29. The van der Waals surface area contributed by atoms with E-state index in [0.717, 1.165) is 19.4 Å². The first-order valence-corrected chi connectivity index (χ1v) is 5.34. The number of aromatic nitrogens is 2. The van der Waals surface area contributed by atoms with E-state index >= 15 is 0 Å². The third-order valence-corrected chi connectivity index (χ3v) is 2.44. The molecule has 1 aromatic rings. The average molecular weight is 206 g/mol. The van der Waals surface area contributed by atoms with Gasteiger partial charge in [0.2, 0.25) is 0 Å². The zero-order chi connectivity index (χ0) is 11.1. The van der Waals surface area contributed by atoms with E-state index in [2.05, 4.69) is 23.4 Å². The van der Waals surface area contributed by atoms with E-state index in [-0.39, 0.29) is 0 Å². The van der Waals surface area contributed by atoms with Crippen molar-refractivity contribution in [1.82, 2.24) is 15.1 Å². The maximum absolute atomic E-state index is 8.58. The predicted octanol–water partition coefficient (Wildman–Crippen LogP) is 1.24. The van der Waals surface area contributed by atoms with Crippen molar-refractivity contribution in [3.63, 3.8) is 0 Å². The Balaban J connectivity index is 2.23. The minimum absolute atomic E-state index is 0.326. The molecule has 1 unspecified atom stereocenters. The third-order valence-electron chi connectivity index (χ3n) is 2.44. The lowest BCUT2D eigenvalue weighted by molar-refractivity contribution is 0.508. The molecule has 82 valence electrons. The Morgan fingerprint density at radius 3 is 3.00 bits per heavy atom. The molecule has 1 heterocycles. The minimum Gasteiger partial charge on any atom is -0.313 e. The molecule has 0 aliphatic heterocycles. The van der Waals surface area contributed by atoms with Gasteiger partial charge in [0, 0.05) is 19.3 Å². The molecule has 4 nitrogen and oxygen atoms in total. The molecule has 0 aromatic carbocycles. The Kier molecular flexibility index (Phi) is 4.85. The van der Waals surface area contributed by atoms with Crippen molar-refractivity contribution in [2.75, 3.05) is 6.54 Å². The van der Waals surface area contributed by atoms with Gasteiger partial charge in [-0.05, 0) is 24.9 Å². The van der Waals surface area contributed by atoms with Crippen molar-refractivity contribution >= 4 is 0 Å². The Morgan fingerprint density at radius 1 is 1.67 bits per heavy atom. The van der Waals surface area contributed by atoms with Crippen molar-refractivity contribution in [3.8, 4) is 6.07 Å². The highest BCUT2D eigenvalue weighted by Crippen LogP contribution is 1.99. The Bertz CT molecular complexity index is 324. The SMILES string of the molecule is CCC(CC#N)NCCc1cnn(C)c1. The van der Waals surface area contributed by atoms with Gasteiger partial charge in [-0.3, -0.25) is 4.68 Å². The fourth-order valence-corrected chi connectivity index (χ4v) is 1.49. The first-order valence-electron chi connectivity index (χ1n) is 5.34. The van der Waals surface area contributed by atoms with Crippen molar-refractivity contribution < 1.29 is 0 Å². The Labute approximate surface area is 90.9 Å². The van der Waals surface area contributed by atoms with Crippen LogP contribution in [0, 0.1) is 11.3 Å². The standard InChI is InChI=1S/C11H18N4/c1-3-11(4-6-12)13-7-5-10-8-14-15(2)9-10/h8-9,11,13H,3-5,7H2,1-2H3. The van der Waals surface area contributed by atoms with E-state index in [4.69, 9.17) is 5.26 Å². The number of hydrogen-bond donors (Lipinski definition) is 1. The molecule has 0 saturated heterocycles. The maximum atomic E-state index is 8.58. The normalized spacial score (nSPS) is 12.3. The molecular formula is C11H18N4. The minimum atomic E-state index is 0.326. The maximum Gasteiger partial charge on any atom is 0.0638 e. The second-order valence-electron chi connectivity index (χ2n) is 3.69. The van der Waals surface area contributed by atoms with Crippen LogP contribution in [-0.4, -0.2) is 22.4 Å². The average Bonchev–Trinajstić information content (AvgIpc) is 2.63. The Hall–Kier alpha value is -1.34. The van der Waals surface area contributed by atoms with E-state index in [0.29, 0.717) is 12.5 Å². The first kappa shape index (κ1) is 11.7. The molecule has 1 atom stereocenters. The van der Waals surface area contributed by atoms with Crippen LogP contribution in [0.3, 0.4) is 0 Å². The summed E-state index contributed by atoms with van der Waals surface area (Å²) in [6, 6.07) is 2.52. The lowest BCUT2D eigenvalue weighted by atomic mass is 10.1. The molecule has 0 spiro atoms. The van der Waals surface area contributed by atoms with Crippen LogP contribution in [0.5, 0.6) is 0 Å². The van der Waals surface area contributed by atoms with Gasteiger partial charge in [-0.25, -0.2) is 0 Å². The predicted molar refractivity (Wildman–Crippen MR) is 59.2 cm³/mol. The zero-order valence-corrected chi connectivity index (χ0v) is 9.40. The van der Waals surface area contributed by atoms with E-state index in [1.54, 1.807) is 0 Å². The van der Waals surface area contributed by atoms with Crippen LogP contribution < -0.4 is 5.32 Å². The topological polar surface area (TPSA) is 53.6 Å². The van der Waals surface area contributed by atoms with Crippen molar-refractivity contribution in [2.45, 2.75) is 32.2 Å². The van der Waals surface area contributed by atoms with Gasteiger partial charge in [-0.1, -0.05) is 6.92 Å². The fraction of sp³-hybridized carbons (Fsp3) is 0.636. The van der Waals surface area contributed by atoms with Crippen LogP contribution in [0.25, 0.3) is 0 Å². The number of hydrogen-bond acceptors (Lipinski definition) is 3. The van der Waals surface area contributed by atoms with Crippen LogP contribution >= 0.6 is 0 Å². The third kappa shape index (κ3) is 4.13. The number of nitrogens with zero attached hydrogens (tertiary/aromatic N) is 3. The molecular weight excluding hydrogens is 188 g/mol. The molecule has 1 N–H and O–H groups in total. The van der Waals surface area contributed by atoms with Crippen molar-refractivity contribution in [3.05, 3.63) is 18.0 Å². The van der Waals surface area contributed by atoms with E-state index < -0.39 is 0 Å². The summed E-state index contributed by atoms with van der Waals surface area (Å²) in [4.78, 5) is 0. The summed E-state index contributed by atoms with van der Waals surface area (Å²) in [6.07, 6.45) is 6.46. The molecule has 15 heavy (non-hydrogen) atoms. The summed E-state index contributed by atoms with van der Waals surface area (Å²) >= 11 is 0. The molecule has 0 bridgehead atoms. The first-order chi connectivity index (χ1) is 7.26. The smallest absolute Gasteiger partial charge is 0.0638 e. The molecule has 0 fully saturated rings. The number of nitrogens with one attached hydrogen (secondary N) is 1. The van der Waals surface area contributed by atoms with Gasteiger partial charge in [0.25, 0.3) is 0 Å². The van der Waals surface area contributed by atoms with Gasteiger partial charge in [0.1, 0.15) is 0 Å². The molecule has 0 amide bonds. The van der Waals surface area contributed by atoms with Gasteiger partial charge in [-0.15, -0.1) is 0 Å². The highest BCUT2D eigenvalue weighted by molar-refractivity contribution is 5.03. The van der Waals surface area contributed by atoms with E-state index in [9.17, 15) is 0 Å². The van der Waals surface area contributed by atoms with Gasteiger partial charge in [0.05, 0.1) is 18.7 Å². The van der Waals surface area contributed by atoms with Crippen LogP contribution in [0.1, 0.15) is 25.3 Å². The zero-order valence-electron chi connectivity index (χ0n) is 9.40. The molecule has 0 aliphatic carbocycles. The second kappa shape index (κ2) is 6.20. The molecule has 0 saturated carbocycles. The van der Waals surface area contributed by atoms with Gasteiger partial charge in [0.15, 0.2) is 0 Å². The summed E-state index contributed by atoms with van der Waals surface area (Å²) in [5.41, 5.74) is 1.23. The van der Waals surface area contributed by atoms with Gasteiger partial charge < -0.3 is 5.32 Å². The van der Waals surface area contributed by atoms with Crippen LogP contribution in [0.2, 0.25) is 0 Å². The van der Waals surface area contributed by atoms with Crippen molar-refractivity contribution in [1.29, 1.82) is 5.26 Å². The van der Waals surface area contributed by atoms with Crippen LogP contribution in [-0.2, 0) is 13.5 Å². The van der Waals surface area contributed by atoms with E-state index in [1.807, 2.05) is 24.1 Å². The largest absolute Gasteiger partial charge is 0.313 e. The van der Waals surface area contributed by atoms with Crippen LogP contribution in [0.4, 0.5) is 0 Å². The Morgan fingerprint density at radius 2 is 2.47 bits per heavy atom. The highest BCUT2D eigenvalue weighted by Gasteiger charge is 2.04. The molecule has 1 rings (SSSR count). The van der Waals surface area contributed by atoms with Gasteiger partial charge in [-0.2, -0.15) is 10.4 Å². The summed E-state index contributed by atoms with van der Waals surface area (Å²) < 4.78 is 1.81. The molecule has 0 radical (unpaired) electrons. The highest BCUT2D eigenvalue weighted by atomic mass is 15.2. The lowest BCUT2D eigenvalue weighted by Gasteiger charge is -2.12. The summed E-state index contributed by atoms with van der Waals surface area (Å²) in [5, 5.41) is 16.1. The summed E-state index contributed by atoms with van der Waals surface area (Å²) in [7, 11) is 1.92. The molecule has 1 aromatic heterocycles. The van der Waals surface area contributed by atoms with E-state index in [1.165, 1.54) is 5.56 Å². The monoisotopic (exact) mass is 206 g/mol. The number of rotatable bonds is 6. The quantitative estimate of drug-likeness (QED) is 0.762. The molecule has 4 heteroatoms. The summed E-state index contributed by atoms with van der Waals surface area (Å²) in [6.45, 7) is 3.00. The molecule has 0 aliphatic rings. The fourth-order valence-electron chi connectivity index (χ4n) is 1.49.